The summed E-state index contributed by atoms with van der Waals surface area (Å²) in [4.78, 5) is 26.6. The Morgan fingerprint density at radius 2 is 1.86 bits per heavy atom. The lowest BCUT2D eigenvalue weighted by molar-refractivity contribution is -0.131. The zero-order valence-electron chi connectivity index (χ0n) is 25.4. The zero-order valence-corrected chi connectivity index (χ0v) is 26.2. The molecule has 2 aromatic heterocycles. The van der Waals surface area contributed by atoms with Crippen LogP contribution in [0.15, 0.2) is 30.6 Å². The average Bonchev–Trinajstić information content (AvgIpc) is 3.17. The molecule has 0 atom stereocenters. The van der Waals surface area contributed by atoms with Crippen molar-refractivity contribution in [3.8, 4) is 17.0 Å². The van der Waals surface area contributed by atoms with Crippen molar-refractivity contribution in [1.29, 1.82) is 0 Å². The molecule has 11 nitrogen and oxygen atoms in total. The van der Waals surface area contributed by atoms with Crippen molar-refractivity contribution < 1.29 is 27.4 Å². The Morgan fingerprint density at radius 3 is 2.55 bits per heavy atom. The predicted molar refractivity (Wildman–Crippen MR) is 167 cm³/mol. The SMILES string of the molecule is CC(C)NCCOc1ncc(-c2cc3c4c(cnc3cc2F)N(C)C(=O)C42CN(C3CCC(O)CC3)C2)cc1NS(C)(=O)=O. The molecule has 3 aliphatic rings. The minimum Gasteiger partial charge on any atom is -0.475 e. The van der Waals surface area contributed by atoms with E-state index in [2.05, 4.69) is 24.9 Å². The largest absolute Gasteiger partial charge is 0.475 e. The molecular formula is C31H39FN6O5S. The lowest BCUT2D eigenvalue weighted by Gasteiger charge is -2.51. The summed E-state index contributed by atoms with van der Waals surface area (Å²) < 4.78 is 48.2. The van der Waals surface area contributed by atoms with E-state index in [1.807, 2.05) is 13.8 Å². The number of likely N-dealkylation sites (N-methyl/N-ethyl adjacent to an activating group) is 1. The molecular weight excluding hydrogens is 587 g/mol. The molecule has 0 bridgehead atoms. The predicted octanol–water partition coefficient (Wildman–Crippen LogP) is 3.02. The van der Waals surface area contributed by atoms with E-state index in [4.69, 9.17) is 4.74 Å². The lowest BCUT2D eigenvalue weighted by atomic mass is 9.71. The standard InChI is InChI=1S/C31H39FN6O5S/c1-18(2)33-9-10-43-29-26(36-44(4,41)42)11-19(14-35-29)22-12-23-25(13-24(22)32)34-15-27-28(23)31(30(40)37(27)3)16-38(17-31)20-5-7-21(39)8-6-20/h11-15,18,20-21,33,36,39H,5-10,16-17H2,1-4H3. The molecule has 1 aliphatic carbocycles. The smallest absolute Gasteiger partial charge is 0.240 e. The van der Waals surface area contributed by atoms with Gasteiger partial charge in [-0.25, -0.2) is 17.8 Å². The maximum absolute atomic E-state index is 15.7. The number of fused-ring (bicyclic) bond motifs is 4. The number of aliphatic hydroxyl groups is 1. The fraction of sp³-hybridized carbons (Fsp3) is 0.516. The summed E-state index contributed by atoms with van der Waals surface area (Å²) in [7, 11) is -1.94. The van der Waals surface area contributed by atoms with Crippen molar-refractivity contribution in [2.75, 3.05) is 49.2 Å². The number of benzene rings is 1. The Morgan fingerprint density at radius 1 is 1.14 bits per heavy atom. The number of anilines is 2. The number of nitrogens with one attached hydrogen (secondary N) is 2. The summed E-state index contributed by atoms with van der Waals surface area (Å²) in [5, 5.41) is 13.9. The van der Waals surface area contributed by atoms with Crippen LogP contribution >= 0.6 is 0 Å². The molecule has 3 N–H and O–H groups in total. The fourth-order valence-corrected chi connectivity index (χ4v) is 7.37. The molecule has 1 amide bonds. The third-order valence-corrected chi connectivity index (χ3v) is 9.56. The highest BCUT2D eigenvalue weighted by Crippen LogP contribution is 2.51. The van der Waals surface area contributed by atoms with E-state index < -0.39 is 21.3 Å². The van der Waals surface area contributed by atoms with E-state index in [1.54, 1.807) is 24.2 Å². The number of halogens is 1. The van der Waals surface area contributed by atoms with Gasteiger partial charge in [-0.3, -0.25) is 19.4 Å². The number of sulfonamides is 1. The van der Waals surface area contributed by atoms with Gasteiger partial charge in [0.05, 0.1) is 29.8 Å². The number of ether oxygens (including phenoxy) is 1. The summed E-state index contributed by atoms with van der Waals surface area (Å²) in [6.07, 6.45) is 7.17. The van der Waals surface area contributed by atoms with Crippen LogP contribution in [0.25, 0.3) is 22.0 Å². The number of carbonyl (C=O) groups excluding carboxylic acids is 1. The monoisotopic (exact) mass is 626 g/mol. The number of pyridine rings is 2. The number of rotatable bonds is 9. The van der Waals surface area contributed by atoms with E-state index in [9.17, 15) is 18.3 Å². The second-order valence-electron chi connectivity index (χ2n) is 12.6. The topological polar surface area (TPSA) is 137 Å². The van der Waals surface area contributed by atoms with E-state index in [0.29, 0.717) is 47.8 Å². The molecule has 13 heteroatoms. The van der Waals surface area contributed by atoms with Gasteiger partial charge in [-0.2, -0.15) is 0 Å². The number of hydrogen-bond donors (Lipinski definition) is 3. The Hall–Kier alpha value is -3.39. The minimum atomic E-state index is -3.69. The quantitative estimate of drug-likeness (QED) is 0.306. The number of carbonyl (C=O) groups is 1. The Labute approximate surface area is 256 Å². The Kier molecular flexibility index (Phi) is 8.02. The molecule has 4 heterocycles. The van der Waals surface area contributed by atoms with Crippen molar-refractivity contribution in [3.63, 3.8) is 0 Å². The van der Waals surface area contributed by atoms with Gasteiger partial charge in [-0.05, 0) is 37.8 Å². The van der Waals surface area contributed by atoms with Gasteiger partial charge in [-0.1, -0.05) is 13.8 Å². The van der Waals surface area contributed by atoms with Crippen LogP contribution in [0, 0.1) is 5.82 Å². The molecule has 236 valence electrons. The minimum absolute atomic E-state index is 0.00506. The summed E-state index contributed by atoms with van der Waals surface area (Å²) >= 11 is 0. The number of nitrogens with zero attached hydrogens (tertiary/aromatic N) is 4. The zero-order chi connectivity index (χ0) is 31.4. The molecule has 6 rings (SSSR count). The lowest BCUT2D eigenvalue weighted by Crippen LogP contribution is -2.66. The van der Waals surface area contributed by atoms with Crippen LogP contribution in [0.5, 0.6) is 5.88 Å². The molecule has 3 aromatic rings. The van der Waals surface area contributed by atoms with Gasteiger partial charge in [0.15, 0.2) is 0 Å². The summed E-state index contributed by atoms with van der Waals surface area (Å²) in [5.41, 5.74) is 1.87. The molecule has 1 saturated heterocycles. The van der Waals surface area contributed by atoms with Crippen LogP contribution in [-0.4, -0.2) is 92.0 Å². The van der Waals surface area contributed by atoms with Crippen LogP contribution in [0.1, 0.15) is 45.1 Å². The maximum atomic E-state index is 15.7. The second-order valence-corrected chi connectivity index (χ2v) is 14.3. The molecule has 1 aromatic carbocycles. The summed E-state index contributed by atoms with van der Waals surface area (Å²) in [5.74, 6) is -0.464. The van der Waals surface area contributed by atoms with Crippen LogP contribution in [0.3, 0.4) is 0 Å². The third kappa shape index (κ3) is 5.62. The highest BCUT2D eigenvalue weighted by atomic mass is 32.2. The Balaban J connectivity index is 1.37. The molecule has 2 fully saturated rings. The van der Waals surface area contributed by atoms with Gasteiger partial charge >= 0.3 is 0 Å². The maximum Gasteiger partial charge on any atom is 0.240 e. The molecule has 1 saturated carbocycles. The molecule has 1 spiro atoms. The number of hydrogen-bond acceptors (Lipinski definition) is 9. The number of likely N-dealkylation sites (tertiary alicyclic amines) is 1. The molecule has 0 unspecified atom stereocenters. The van der Waals surface area contributed by atoms with Gasteiger partial charge in [0, 0.05) is 73.1 Å². The van der Waals surface area contributed by atoms with Crippen molar-refractivity contribution >= 4 is 38.2 Å². The number of amides is 1. The van der Waals surface area contributed by atoms with Crippen molar-refractivity contribution in [1.82, 2.24) is 20.2 Å². The fourth-order valence-electron chi connectivity index (χ4n) is 6.82. The normalized spacial score (nSPS) is 21.6. The second kappa shape index (κ2) is 11.5. The molecule has 44 heavy (non-hydrogen) atoms. The van der Waals surface area contributed by atoms with E-state index in [-0.39, 0.29) is 41.8 Å². The van der Waals surface area contributed by atoms with Crippen LogP contribution in [0.2, 0.25) is 0 Å². The van der Waals surface area contributed by atoms with Gasteiger partial charge in [0.1, 0.15) is 23.5 Å². The highest BCUT2D eigenvalue weighted by Gasteiger charge is 2.59. The first-order chi connectivity index (χ1) is 20.9. The van der Waals surface area contributed by atoms with Crippen LogP contribution < -0.4 is 19.7 Å². The van der Waals surface area contributed by atoms with Crippen LogP contribution in [0.4, 0.5) is 15.8 Å². The van der Waals surface area contributed by atoms with Crippen LogP contribution in [-0.2, 0) is 20.2 Å². The van der Waals surface area contributed by atoms with Gasteiger partial charge in [0.25, 0.3) is 0 Å². The van der Waals surface area contributed by atoms with Crippen molar-refractivity contribution in [2.45, 2.75) is 63.1 Å². The first-order valence-corrected chi connectivity index (χ1v) is 16.9. The van der Waals surface area contributed by atoms with Gasteiger partial charge in [0.2, 0.25) is 21.8 Å². The van der Waals surface area contributed by atoms with E-state index in [0.717, 1.165) is 37.5 Å². The van der Waals surface area contributed by atoms with E-state index >= 15 is 4.39 Å². The number of aromatic nitrogens is 2. The van der Waals surface area contributed by atoms with Gasteiger partial charge in [-0.15, -0.1) is 0 Å². The van der Waals surface area contributed by atoms with E-state index in [1.165, 1.54) is 18.3 Å². The highest BCUT2D eigenvalue weighted by molar-refractivity contribution is 7.92. The summed E-state index contributed by atoms with van der Waals surface area (Å²) in [6, 6.07) is 5.13. The van der Waals surface area contributed by atoms with Gasteiger partial charge < -0.3 is 20.1 Å². The first kappa shape index (κ1) is 30.6. The third-order valence-electron chi connectivity index (χ3n) is 8.97. The molecule has 0 radical (unpaired) electrons. The number of aliphatic hydroxyl groups excluding tert-OH is 1. The first-order valence-electron chi connectivity index (χ1n) is 15.0. The Bertz CT molecular complexity index is 1700. The molecule has 2 aliphatic heterocycles. The average molecular weight is 627 g/mol. The van der Waals surface area contributed by atoms with Crippen molar-refractivity contribution in [2.24, 2.45) is 0 Å². The summed E-state index contributed by atoms with van der Waals surface area (Å²) in [6.45, 7) is 5.91. The van der Waals surface area contributed by atoms with Crippen molar-refractivity contribution in [3.05, 3.63) is 42.0 Å².